The lowest BCUT2D eigenvalue weighted by Gasteiger charge is -2.36. The SMILES string of the molecule is O=C(/C=C(\O)c1cc(Cc2c(F)cccc2F)cn(Cc2ccccc2F)c1=O)C(=O)N1CCN(c2cccc3ccccc23)CC1. The van der Waals surface area contributed by atoms with Gasteiger partial charge in [0.15, 0.2) is 0 Å². The van der Waals surface area contributed by atoms with Crippen molar-refractivity contribution in [2.45, 2.75) is 13.0 Å². The number of fused-ring (bicyclic) bond motifs is 1. The molecule has 10 heteroatoms. The maximum absolute atomic E-state index is 14.5. The lowest BCUT2D eigenvalue weighted by atomic mass is 10.0. The number of hydrogen-bond donors (Lipinski definition) is 1. The summed E-state index contributed by atoms with van der Waals surface area (Å²) in [4.78, 5) is 43.2. The second kappa shape index (κ2) is 13.4. The first-order chi connectivity index (χ1) is 22.7. The summed E-state index contributed by atoms with van der Waals surface area (Å²) in [7, 11) is 0. The molecule has 6 rings (SSSR count). The van der Waals surface area contributed by atoms with Gasteiger partial charge in [-0.2, -0.15) is 0 Å². The highest BCUT2D eigenvalue weighted by Crippen LogP contribution is 2.27. The Morgan fingerprint density at radius 2 is 1.43 bits per heavy atom. The van der Waals surface area contributed by atoms with E-state index in [1.54, 1.807) is 6.07 Å². The summed E-state index contributed by atoms with van der Waals surface area (Å²) >= 11 is 0. The molecule has 5 aromatic rings. The highest BCUT2D eigenvalue weighted by Gasteiger charge is 2.27. The Morgan fingerprint density at radius 1 is 0.787 bits per heavy atom. The second-order valence-electron chi connectivity index (χ2n) is 11.3. The van der Waals surface area contributed by atoms with E-state index in [2.05, 4.69) is 4.90 Å². The quantitative estimate of drug-likeness (QED) is 0.131. The van der Waals surface area contributed by atoms with Crippen LogP contribution in [0.3, 0.4) is 0 Å². The molecule has 1 saturated heterocycles. The van der Waals surface area contributed by atoms with Gasteiger partial charge in [0, 0.05) is 67.1 Å². The van der Waals surface area contributed by atoms with Crippen molar-refractivity contribution in [1.82, 2.24) is 9.47 Å². The minimum absolute atomic E-state index is 0.159. The number of hydrogen-bond acceptors (Lipinski definition) is 5. The van der Waals surface area contributed by atoms with E-state index in [9.17, 15) is 32.7 Å². The third-order valence-electron chi connectivity index (χ3n) is 8.31. The monoisotopic (exact) mass is 637 g/mol. The molecule has 238 valence electrons. The highest BCUT2D eigenvalue weighted by molar-refractivity contribution is 6.41. The number of aliphatic hydroxyl groups is 1. The van der Waals surface area contributed by atoms with Gasteiger partial charge < -0.3 is 19.5 Å². The van der Waals surface area contributed by atoms with E-state index in [0.29, 0.717) is 19.2 Å². The minimum atomic E-state index is -1.04. The number of pyridine rings is 1. The van der Waals surface area contributed by atoms with Crippen LogP contribution in [0.2, 0.25) is 0 Å². The molecular weight excluding hydrogens is 607 g/mol. The van der Waals surface area contributed by atoms with Crippen molar-refractivity contribution < 1.29 is 27.9 Å². The largest absolute Gasteiger partial charge is 0.507 e. The van der Waals surface area contributed by atoms with Gasteiger partial charge in [-0.3, -0.25) is 14.4 Å². The number of ketones is 1. The number of piperazine rings is 1. The zero-order valence-corrected chi connectivity index (χ0v) is 25.2. The molecule has 1 N–H and O–H groups in total. The Balaban J connectivity index is 1.24. The number of nitrogens with zero attached hydrogens (tertiary/aromatic N) is 3. The van der Waals surface area contributed by atoms with Crippen molar-refractivity contribution in [3.8, 4) is 0 Å². The lowest BCUT2D eigenvalue weighted by Crippen LogP contribution is -2.50. The van der Waals surface area contributed by atoms with Gasteiger partial charge in [0.25, 0.3) is 11.5 Å². The fraction of sp³-hybridized carbons (Fsp3) is 0.162. The van der Waals surface area contributed by atoms with Gasteiger partial charge in [-0.15, -0.1) is 0 Å². The van der Waals surface area contributed by atoms with Gasteiger partial charge in [-0.1, -0.05) is 60.7 Å². The highest BCUT2D eigenvalue weighted by atomic mass is 19.1. The molecule has 0 saturated carbocycles. The van der Waals surface area contributed by atoms with Crippen LogP contribution in [-0.2, 0) is 22.6 Å². The van der Waals surface area contributed by atoms with Gasteiger partial charge in [-0.05, 0) is 41.3 Å². The summed E-state index contributed by atoms with van der Waals surface area (Å²) in [5, 5.41) is 13.2. The zero-order chi connectivity index (χ0) is 33.1. The van der Waals surface area contributed by atoms with Crippen LogP contribution in [0.5, 0.6) is 0 Å². The third-order valence-corrected chi connectivity index (χ3v) is 8.31. The van der Waals surface area contributed by atoms with Gasteiger partial charge in [0.2, 0.25) is 5.78 Å². The molecule has 1 fully saturated rings. The first-order valence-electron chi connectivity index (χ1n) is 15.1. The minimum Gasteiger partial charge on any atom is -0.507 e. The Morgan fingerprint density at radius 3 is 2.17 bits per heavy atom. The molecular formula is C37H30F3N3O4. The van der Waals surface area contributed by atoms with Crippen LogP contribution in [0.4, 0.5) is 18.9 Å². The molecule has 0 atom stereocenters. The molecule has 2 heterocycles. The molecule has 1 aliphatic rings. The Hall–Kier alpha value is -5.64. The van der Waals surface area contributed by atoms with E-state index in [-0.39, 0.29) is 48.3 Å². The number of halogens is 3. The van der Waals surface area contributed by atoms with Gasteiger partial charge >= 0.3 is 0 Å². The maximum Gasteiger partial charge on any atom is 0.294 e. The van der Waals surface area contributed by atoms with E-state index in [1.165, 1.54) is 41.4 Å². The molecule has 0 bridgehead atoms. The molecule has 47 heavy (non-hydrogen) atoms. The van der Waals surface area contributed by atoms with Crippen molar-refractivity contribution in [1.29, 1.82) is 0 Å². The summed E-state index contributed by atoms with van der Waals surface area (Å²) < 4.78 is 44.6. The molecule has 0 radical (unpaired) electrons. The number of anilines is 1. The summed E-state index contributed by atoms with van der Waals surface area (Å²) in [6.07, 6.45) is 1.70. The number of carbonyl (C=O) groups excluding carboxylic acids is 2. The van der Waals surface area contributed by atoms with Crippen molar-refractivity contribution >= 4 is 33.9 Å². The van der Waals surface area contributed by atoms with Crippen molar-refractivity contribution in [2.24, 2.45) is 0 Å². The summed E-state index contributed by atoms with van der Waals surface area (Å²) in [5.41, 5.74) is -0.0376. The van der Waals surface area contributed by atoms with Crippen LogP contribution in [0.25, 0.3) is 16.5 Å². The van der Waals surface area contributed by atoms with E-state index >= 15 is 0 Å². The van der Waals surface area contributed by atoms with Gasteiger partial charge in [0.05, 0.1) is 12.1 Å². The smallest absolute Gasteiger partial charge is 0.294 e. The van der Waals surface area contributed by atoms with Crippen LogP contribution in [0.15, 0.2) is 108 Å². The second-order valence-corrected chi connectivity index (χ2v) is 11.3. The van der Waals surface area contributed by atoms with Crippen molar-refractivity contribution in [2.75, 3.05) is 31.1 Å². The number of amides is 1. The average Bonchev–Trinajstić information content (AvgIpc) is 3.08. The van der Waals surface area contributed by atoms with Crippen LogP contribution in [0.1, 0.15) is 22.3 Å². The van der Waals surface area contributed by atoms with Crippen LogP contribution >= 0.6 is 0 Å². The average molecular weight is 638 g/mol. The van der Waals surface area contributed by atoms with Crippen molar-refractivity contribution in [3.63, 3.8) is 0 Å². The number of carbonyl (C=O) groups is 2. The summed E-state index contributed by atoms with van der Waals surface area (Å²) in [5.74, 6) is -4.86. The summed E-state index contributed by atoms with van der Waals surface area (Å²) in [6, 6.07) is 24.4. The van der Waals surface area contributed by atoms with Crippen LogP contribution < -0.4 is 10.5 Å². The molecule has 7 nitrogen and oxygen atoms in total. The number of rotatable bonds is 8. The predicted molar refractivity (Wildman–Crippen MR) is 174 cm³/mol. The van der Waals surface area contributed by atoms with Gasteiger partial charge in [0.1, 0.15) is 23.2 Å². The van der Waals surface area contributed by atoms with Crippen LogP contribution in [0, 0.1) is 17.5 Å². The fourth-order valence-corrected chi connectivity index (χ4v) is 5.87. The zero-order valence-electron chi connectivity index (χ0n) is 25.2. The van der Waals surface area contributed by atoms with Crippen molar-refractivity contribution in [3.05, 3.63) is 153 Å². The third kappa shape index (κ3) is 6.67. The lowest BCUT2D eigenvalue weighted by molar-refractivity contribution is -0.142. The van der Waals surface area contributed by atoms with E-state index in [4.69, 9.17) is 0 Å². The van der Waals surface area contributed by atoms with Crippen LogP contribution in [-0.4, -0.2) is 52.4 Å². The van der Waals surface area contributed by atoms with E-state index in [0.717, 1.165) is 33.2 Å². The normalized spacial score (nSPS) is 13.6. The number of aliphatic hydroxyl groups excluding tert-OH is 1. The molecule has 0 unspecified atom stereocenters. The molecule has 1 aromatic heterocycles. The number of aromatic nitrogens is 1. The summed E-state index contributed by atoms with van der Waals surface area (Å²) in [6.45, 7) is 1.24. The molecule has 1 aliphatic heterocycles. The standard InChI is InChI=1S/C37H30F3N3O4/c38-30-11-4-2-8-26(30)23-43-22-24(19-28-31(39)12-6-13-32(28)40)20-29(36(43)46)34(44)21-35(45)37(47)42-17-15-41(16-18-42)33-14-5-9-25-7-1-3-10-27(25)33/h1-14,20-22,44H,15-19,23H2/b34-21-. The first kappa shape index (κ1) is 31.3. The topological polar surface area (TPSA) is 82.8 Å². The predicted octanol–water partition coefficient (Wildman–Crippen LogP) is 5.87. The first-order valence-corrected chi connectivity index (χ1v) is 15.1. The van der Waals surface area contributed by atoms with Gasteiger partial charge in [-0.25, -0.2) is 13.2 Å². The maximum atomic E-state index is 14.5. The van der Waals surface area contributed by atoms with E-state index < -0.39 is 40.5 Å². The number of benzene rings is 4. The molecule has 0 spiro atoms. The Bertz CT molecular complexity index is 2060. The van der Waals surface area contributed by atoms with E-state index in [1.807, 2.05) is 42.5 Å². The Kier molecular flexibility index (Phi) is 8.92. The molecule has 1 amide bonds. The fourth-order valence-electron chi connectivity index (χ4n) is 5.87. The Labute approximate surface area is 268 Å². The molecule has 0 aliphatic carbocycles. The molecule has 4 aromatic carbocycles.